The number of benzene rings is 3. The minimum atomic E-state index is -0.951. The van der Waals surface area contributed by atoms with Crippen LogP contribution in [0, 0.1) is 19.7 Å². The predicted octanol–water partition coefficient (Wildman–Crippen LogP) is 5.29. The van der Waals surface area contributed by atoms with Crippen LogP contribution in [-0.2, 0) is 9.59 Å². The Hall–Kier alpha value is -3.73. The van der Waals surface area contributed by atoms with E-state index in [1.807, 2.05) is 75.4 Å². The molecule has 3 aromatic carbocycles. The van der Waals surface area contributed by atoms with Gasteiger partial charge in [-0.25, -0.2) is 4.39 Å². The molecule has 1 atom stereocenters. The number of para-hydroxylation sites is 1. The van der Waals surface area contributed by atoms with Crippen LogP contribution in [0.5, 0.6) is 0 Å². The SMILES string of the molecule is C/C(=C/c1ccccc1)[C@H]1C(=O)N(c2cccc(C)c2C)CC(=O)N1c1ccccc1F. The summed E-state index contributed by atoms with van der Waals surface area (Å²) in [5, 5.41) is 0. The monoisotopic (exact) mass is 428 g/mol. The van der Waals surface area contributed by atoms with Crippen LogP contribution in [0.25, 0.3) is 6.08 Å². The number of carbonyl (C=O) groups is 2. The summed E-state index contributed by atoms with van der Waals surface area (Å²) in [6.45, 7) is 5.57. The van der Waals surface area contributed by atoms with Crippen molar-refractivity contribution >= 4 is 29.3 Å². The van der Waals surface area contributed by atoms with Crippen molar-refractivity contribution in [3.63, 3.8) is 0 Å². The molecule has 2 amide bonds. The van der Waals surface area contributed by atoms with Crippen LogP contribution in [0.4, 0.5) is 15.8 Å². The molecule has 1 saturated heterocycles. The molecule has 0 aliphatic carbocycles. The van der Waals surface area contributed by atoms with Crippen molar-refractivity contribution in [1.29, 1.82) is 0 Å². The van der Waals surface area contributed by atoms with E-state index >= 15 is 0 Å². The zero-order chi connectivity index (χ0) is 22.8. The molecule has 162 valence electrons. The summed E-state index contributed by atoms with van der Waals surface area (Å²) < 4.78 is 14.7. The first-order valence-electron chi connectivity index (χ1n) is 10.6. The highest BCUT2D eigenvalue weighted by Gasteiger charge is 2.43. The molecule has 5 heteroatoms. The maximum atomic E-state index is 14.7. The Morgan fingerprint density at radius 2 is 1.56 bits per heavy atom. The van der Waals surface area contributed by atoms with Gasteiger partial charge in [0.25, 0.3) is 5.91 Å². The summed E-state index contributed by atoms with van der Waals surface area (Å²) in [6, 6.07) is 20.4. The van der Waals surface area contributed by atoms with Crippen LogP contribution in [0.15, 0.2) is 78.4 Å². The lowest BCUT2D eigenvalue weighted by Gasteiger charge is -2.41. The van der Waals surface area contributed by atoms with E-state index in [0.29, 0.717) is 11.3 Å². The van der Waals surface area contributed by atoms with Gasteiger partial charge in [0.1, 0.15) is 18.4 Å². The lowest BCUT2D eigenvalue weighted by Crippen LogP contribution is -2.61. The topological polar surface area (TPSA) is 40.6 Å². The van der Waals surface area contributed by atoms with Gasteiger partial charge in [0, 0.05) is 5.69 Å². The number of rotatable bonds is 4. The van der Waals surface area contributed by atoms with Gasteiger partial charge in [-0.1, -0.05) is 60.7 Å². The Kier molecular flexibility index (Phi) is 5.91. The molecule has 0 unspecified atom stereocenters. The number of amides is 2. The molecule has 0 N–H and O–H groups in total. The van der Waals surface area contributed by atoms with Crippen LogP contribution in [0.1, 0.15) is 23.6 Å². The first kappa shape index (κ1) is 21.5. The zero-order valence-electron chi connectivity index (χ0n) is 18.4. The van der Waals surface area contributed by atoms with Crippen molar-refractivity contribution in [2.75, 3.05) is 16.3 Å². The highest BCUT2D eigenvalue weighted by Crippen LogP contribution is 2.33. The number of halogens is 1. The van der Waals surface area contributed by atoms with Gasteiger partial charge < -0.3 is 4.90 Å². The Bertz CT molecular complexity index is 1200. The van der Waals surface area contributed by atoms with E-state index < -0.39 is 11.9 Å². The fourth-order valence-corrected chi connectivity index (χ4v) is 4.13. The van der Waals surface area contributed by atoms with Crippen molar-refractivity contribution in [3.05, 3.63) is 101 Å². The van der Waals surface area contributed by atoms with Crippen molar-refractivity contribution in [2.24, 2.45) is 0 Å². The normalized spacial score (nSPS) is 17.1. The summed E-state index contributed by atoms with van der Waals surface area (Å²) in [7, 11) is 0. The number of carbonyl (C=O) groups excluding carboxylic acids is 2. The Morgan fingerprint density at radius 3 is 2.28 bits per heavy atom. The summed E-state index contributed by atoms with van der Waals surface area (Å²) in [4.78, 5) is 30.0. The summed E-state index contributed by atoms with van der Waals surface area (Å²) >= 11 is 0. The van der Waals surface area contributed by atoms with Gasteiger partial charge in [0.15, 0.2) is 0 Å². The second kappa shape index (κ2) is 8.79. The molecule has 0 radical (unpaired) electrons. The van der Waals surface area contributed by atoms with Gasteiger partial charge in [-0.2, -0.15) is 0 Å². The largest absolute Gasteiger partial charge is 0.301 e. The Morgan fingerprint density at radius 1 is 0.906 bits per heavy atom. The lowest BCUT2D eigenvalue weighted by atomic mass is 9.97. The van der Waals surface area contributed by atoms with E-state index in [1.54, 1.807) is 12.1 Å². The van der Waals surface area contributed by atoms with Gasteiger partial charge in [-0.3, -0.25) is 14.5 Å². The molecule has 4 nitrogen and oxygen atoms in total. The number of piperazine rings is 1. The molecule has 0 spiro atoms. The maximum Gasteiger partial charge on any atom is 0.254 e. The van der Waals surface area contributed by atoms with Crippen molar-refractivity contribution in [1.82, 2.24) is 0 Å². The van der Waals surface area contributed by atoms with Crippen molar-refractivity contribution in [3.8, 4) is 0 Å². The van der Waals surface area contributed by atoms with Crippen molar-refractivity contribution in [2.45, 2.75) is 26.8 Å². The van der Waals surface area contributed by atoms with Crippen LogP contribution in [0.2, 0.25) is 0 Å². The van der Waals surface area contributed by atoms with Gasteiger partial charge in [0.2, 0.25) is 5.91 Å². The third kappa shape index (κ3) is 3.94. The average Bonchev–Trinajstić information content (AvgIpc) is 2.78. The van der Waals surface area contributed by atoms with E-state index in [9.17, 15) is 14.0 Å². The lowest BCUT2D eigenvalue weighted by molar-refractivity contribution is -0.127. The predicted molar refractivity (Wildman–Crippen MR) is 126 cm³/mol. The first-order chi connectivity index (χ1) is 15.4. The molecule has 0 saturated carbocycles. The van der Waals surface area contributed by atoms with Crippen molar-refractivity contribution < 1.29 is 14.0 Å². The second-order valence-corrected chi connectivity index (χ2v) is 8.06. The van der Waals surface area contributed by atoms with Crippen LogP contribution in [0.3, 0.4) is 0 Å². The number of nitrogens with zero attached hydrogens (tertiary/aromatic N) is 2. The van der Waals surface area contributed by atoms with Gasteiger partial charge >= 0.3 is 0 Å². The van der Waals surface area contributed by atoms with E-state index in [-0.39, 0.29) is 24.0 Å². The molecular weight excluding hydrogens is 403 g/mol. The number of hydrogen-bond acceptors (Lipinski definition) is 2. The quantitative estimate of drug-likeness (QED) is 0.566. The Labute approximate surface area is 187 Å². The van der Waals surface area contributed by atoms with Gasteiger partial charge in [-0.15, -0.1) is 0 Å². The van der Waals surface area contributed by atoms with Gasteiger partial charge in [0.05, 0.1) is 5.69 Å². The van der Waals surface area contributed by atoms with Crippen LogP contribution >= 0.6 is 0 Å². The van der Waals surface area contributed by atoms with Crippen LogP contribution in [-0.4, -0.2) is 24.4 Å². The first-order valence-corrected chi connectivity index (χ1v) is 10.6. The molecule has 1 aliphatic rings. The number of hydrogen-bond donors (Lipinski definition) is 0. The molecule has 1 aliphatic heterocycles. The third-order valence-corrected chi connectivity index (χ3v) is 5.92. The zero-order valence-corrected chi connectivity index (χ0v) is 18.4. The fourth-order valence-electron chi connectivity index (χ4n) is 4.13. The van der Waals surface area contributed by atoms with E-state index in [4.69, 9.17) is 0 Å². The van der Waals surface area contributed by atoms with E-state index in [0.717, 1.165) is 16.7 Å². The standard InChI is InChI=1S/C27H25FN2O2/c1-18-10-9-15-23(20(18)3)29-17-25(31)30(24-14-8-7-13-22(24)28)26(27(29)32)19(2)16-21-11-5-4-6-12-21/h4-16,26H,17H2,1-3H3/b19-16-/t26-/m0/s1. The van der Waals surface area contributed by atoms with Gasteiger partial charge in [-0.05, 0) is 61.2 Å². The molecule has 1 fully saturated rings. The number of anilines is 2. The highest BCUT2D eigenvalue weighted by atomic mass is 19.1. The maximum absolute atomic E-state index is 14.7. The average molecular weight is 429 g/mol. The highest BCUT2D eigenvalue weighted by molar-refractivity contribution is 6.16. The molecule has 0 aromatic heterocycles. The molecule has 1 heterocycles. The third-order valence-electron chi connectivity index (χ3n) is 5.92. The minimum absolute atomic E-state index is 0.109. The number of aryl methyl sites for hydroxylation is 1. The molecule has 0 bridgehead atoms. The smallest absolute Gasteiger partial charge is 0.254 e. The van der Waals surface area contributed by atoms with E-state index in [2.05, 4.69) is 0 Å². The summed E-state index contributed by atoms with van der Waals surface area (Å²) in [5.74, 6) is -1.13. The molecule has 32 heavy (non-hydrogen) atoms. The summed E-state index contributed by atoms with van der Waals surface area (Å²) in [6.07, 6.45) is 1.87. The fraction of sp³-hybridized carbons (Fsp3) is 0.185. The van der Waals surface area contributed by atoms with Crippen LogP contribution < -0.4 is 9.80 Å². The molecular formula is C27H25FN2O2. The minimum Gasteiger partial charge on any atom is -0.301 e. The second-order valence-electron chi connectivity index (χ2n) is 8.06. The molecule has 3 aromatic rings. The molecule has 4 rings (SSSR count). The van der Waals surface area contributed by atoms with E-state index in [1.165, 1.54) is 21.9 Å². The summed E-state index contributed by atoms with van der Waals surface area (Å²) in [5.41, 5.74) is 4.35. The Balaban J connectivity index is 1.84.